The van der Waals surface area contributed by atoms with Crippen molar-refractivity contribution in [1.82, 2.24) is 14.9 Å². The summed E-state index contributed by atoms with van der Waals surface area (Å²) in [5, 5.41) is 0. The first-order valence-corrected chi connectivity index (χ1v) is 9.65. The highest BCUT2D eigenvalue weighted by molar-refractivity contribution is 7.12. The fraction of sp³-hybridized carbons (Fsp3) is 0.556. The molecule has 2 saturated heterocycles. The third-order valence-electron chi connectivity index (χ3n) is 4.73. The van der Waals surface area contributed by atoms with Gasteiger partial charge in [-0.2, -0.15) is 0 Å². The Morgan fingerprint density at radius 1 is 1.08 bits per heavy atom. The van der Waals surface area contributed by atoms with Crippen LogP contribution in [0.25, 0.3) is 0 Å². The van der Waals surface area contributed by atoms with Crippen LogP contribution in [0.1, 0.15) is 35.1 Å². The van der Waals surface area contributed by atoms with Gasteiger partial charge in [-0.15, -0.1) is 11.3 Å². The van der Waals surface area contributed by atoms with Crippen molar-refractivity contribution in [2.24, 2.45) is 0 Å². The average Bonchev–Trinajstić information content (AvgIpc) is 3.25. The largest absolute Gasteiger partial charge is 0.373 e. The average molecular weight is 344 g/mol. The number of aromatic nitrogens is 2. The first kappa shape index (κ1) is 16.0. The van der Waals surface area contributed by atoms with Gasteiger partial charge in [0.1, 0.15) is 0 Å². The van der Waals surface area contributed by atoms with Gasteiger partial charge in [0.25, 0.3) is 0 Å². The molecule has 0 radical (unpaired) electrons. The molecule has 4 rings (SSSR count). The van der Waals surface area contributed by atoms with E-state index >= 15 is 0 Å². The Morgan fingerprint density at radius 2 is 2.00 bits per heavy atom. The Labute approximate surface area is 147 Å². The molecule has 2 aromatic rings. The summed E-state index contributed by atoms with van der Waals surface area (Å²) in [6.07, 6.45) is 7.52. The lowest BCUT2D eigenvalue weighted by molar-refractivity contribution is 0.114. The molecule has 128 valence electrons. The minimum Gasteiger partial charge on any atom is -0.373 e. The Balaban J connectivity index is 1.34. The Hall–Kier alpha value is -1.50. The first-order chi connectivity index (χ1) is 11.9. The predicted octanol–water partition coefficient (Wildman–Crippen LogP) is 3.10. The molecule has 2 aliphatic rings. The van der Waals surface area contributed by atoms with Crippen LogP contribution in [-0.2, 0) is 11.3 Å². The molecule has 0 aliphatic carbocycles. The highest BCUT2D eigenvalue weighted by atomic mass is 32.1. The van der Waals surface area contributed by atoms with Crippen molar-refractivity contribution in [2.45, 2.75) is 31.9 Å². The van der Waals surface area contributed by atoms with Gasteiger partial charge in [-0.1, -0.05) is 0 Å². The van der Waals surface area contributed by atoms with Crippen LogP contribution in [0.4, 0.5) is 5.95 Å². The second-order valence-corrected chi connectivity index (χ2v) is 7.67. The molecule has 2 fully saturated rings. The van der Waals surface area contributed by atoms with Crippen LogP contribution in [0, 0.1) is 0 Å². The van der Waals surface area contributed by atoms with E-state index in [0.717, 1.165) is 51.7 Å². The number of hydrogen-bond acceptors (Lipinski definition) is 6. The molecule has 0 unspecified atom stereocenters. The van der Waals surface area contributed by atoms with E-state index in [1.54, 1.807) is 0 Å². The van der Waals surface area contributed by atoms with Crippen molar-refractivity contribution < 1.29 is 4.74 Å². The van der Waals surface area contributed by atoms with Gasteiger partial charge in [0.2, 0.25) is 5.95 Å². The first-order valence-electron chi connectivity index (χ1n) is 8.83. The van der Waals surface area contributed by atoms with E-state index in [9.17, 15) is 0 Å². The van der Waals surface area contributed by atoms with Gasteiger partial charge >= 0.3 is 0 Å². The maximum Gasteiger partial charge on any atom is 0.225 e. The summed E-state index contributed by atoms with van der Waals surface area (Å²) in [7, 11) is 0. The number of ether oxygens (including phenoxy) is 1. The zero-order chi connectivity index (χ0) is 16.2. The number of nitrogens with zero attached hydrogens (tertiary/aromatic N) is 4. The summed E-state index contributed by atoms with van der Waals surface area (Å²) in [6, 6.07) is 6.42. The van der Waals surface area contributed by atoms with Gasteiger partial charge in [-0.3, -0.25) is 4.90 Å². The fourth-order valence-electron chi connectivity index (χ4n) is 3.46. The van der Waals surface area contributed by atoms with E-state index < -0.39 is 0 Å². The molecule has 2 aliphatic heterocycles. The highest BCUT2D eigenvalue weighted by Crippen LogP contribution is 2.33. The lowest BCUT2D eigenvalue weighted by Gasteiger charge is -2.21. The van der Waals surface area contributed by atoms with Crippen LogP contribution in [0.3, 0.4) is 0 Å². The second kappa shape index (κ2) is 7.59. The molecule has 0 N–H and O–H groups in total. The molecule has 0 amide bonds. The van der Waals surface area contributed by atoms with Crippen LogP contribution in [0.2, 0.25) is 0 Å². The molecule has 0 saturated carbocycles. The quantitative estimate of drug-likeness (QED) is 0.852. The molecule has 6 heteroatoms. The lowest BCUT2D eigenvalue weighted by atomic mass is 10.2. The Morgan fingerprint density at radius 3 is 2.83 bits per heavy atom. The zero-order valence-electron chi connectivity index (χ0n) is 13.9. The van der Waals surface area contributed by atoms with E-state index in [4.69, 9.17) is 4.74 Å². The van der Waals surface area contributed by atoms with E-state index in [2.05, 4.69) is 31.9 Å². The minimum absolute atomic E-state index is 0.346. The topological polar surface area (TPSA) is 41.5 Å². The third-order valence-corrected chi connectivity index (χ3v) is 5.89. The van der Waals surface area contributed by atoms with Crippen LogP contribution in [0.15, 0.2) is 30.6 Å². The SMILES string of the molecule is c1cnc(N2CCCN(Cc3ccc([C@H]4CCCO4)s3)CC2)nc1. The van der Waals surface area contributed by atoms with Gasteiger partial charge in [0, 0.05) is 61.5 Å². The van der Waals surface area contributed by atoms with Crippen LogP contribution in [-0.4, -0.2) is 47.7 Å². The lowest BCUT2D eigenvalue weighted by Crippen LogP contribution is -2.31. The molecule has 24 heavy (non-hydrogen) atoms. The normalized spacial score (nSPS) is 22.7. The molecule has 2 aromatic heterocycles. The molecule has 1 atom stereocenters. The molecule has 0 spiro atoms. The van der Waals surface area contributed by atoms with Gasteiger partial charge in [0.05, 0.1) is 6.10 Å². The summed E-state index contributed by atoms with van der Waals surface area (Å²) < 4.78 is 5.80. The van der Waals surface area contributed by atoms with Crippen LogP contribution in [0.5, 0.6) is 0 Å². The van der Waals surface area contributed by atoms with Crippen molar-refractivity contribution in [3.63, 3.8) is 0 Å². The van der Waals surface area contributed by atoms with Crippen molar-refractivity contribution in [2.75, 3.05) is 37.7 Å². The fourth-order valence-corrected chi connectivity index (χ4v) is 4.60. The number of anilines is 1. The predicted molar refractivity (Wildman–Crippen MR) is 96.4 cm³/mol. The second-order valence-electron chi connectivity index (χ2n) is 6.47. The number of rotatable bonds is 4. The van der Waals surface area contributed by atoms with Gasteiger partial charge in [0.15, 0.2) is 0 Å². The maximum atomic E-state index is 5.80. The Bertz CT molecular complexity index is 641. The van der Waals surface area contributed by atoms with Crippen molar-refractivity contribution >= 4 is 17.3 Å². The summed E-state index contributed by atoms with van der Waals surface area (Å²) >= 11 is 1.92. The molecule has 0 aromatic carbocycles. The molecular formula is C18H24N4OS. The number of hydrogen-bond donors (Lipinski definition) is 0. The smallest absolute Gasteiger partial charge is 0.225 e. The molecule has 5 nitrogen and oxygen atoms in total. The summed E-state index contributed by atoms with van der Waals surface area (Å²) in [4.78, 5) is 16.5. The van der Waals surface area contributed by atoms with Crippen molar-refractivity contribution in [1.29, 1.82) is 0 Å². The van der Waals surface area contributed by atoms with Crippen molar-refractivity contribution in [3.8, 4) is 0 Å². The van der Waals surface area contributed by atoms with Crippen LogP contribution >= 0.6 is 11.3 Å². The van der Waals surface area contributed by atoms with E-state index in [0.29, 0.717) is 6.10 Å². The van der Waals surface area contributed by atoms with Crippen molar-refractivity contribution in [3.05, 3.63) is 40.3 Å². The van der Waals surface area contributed by atoms with Crippen LogP contribution < -0.4 is 4.90 Å². The summed E-state index contributed by atoms with van der Waals surface area (Å²) in [5.41, 5.74) is 0. The number of thiophene rings is 1. The molecular weight excluding hydrogens is 320 g/mol. The standard InChI is InChI=1S/C18H24N4OS/c1-4-16(23-13-1)17-6-5-15(24-17)14-21-9-3-10-22(12-11-21)18-19-7-2-8-20-18/h2,5-8,16H,1,3-4,9-14H2/t16-/m1/s1. The highest BCUT2D eigenvalue weighted by Gasteiger charge is 2.21. The minimum atomic E-state index is 0.346. The van der Waals surface area contributed by atoms with Gasteiger partial charge in [-0.05, 0) is 37.5 Å². The molecule has 4 heterocycles. The van der Waals surface area contributed by atoms with E-state index in [-0.39, 0.29) is 0 Å². The third kappa shape index (κ3) is 3.77. The van der Waals surface area contributed by atoms with Gasteiger partial charge in [-0.25, -0.2) is 9.97 Å². The summed E-state index contributed by atoms with van der Waals surface area (Å²) in [6.45, 7) is 6.18. The summed E-state index contributed by atoms with van der Waals surface area (Å²) in [5.74, 6) is 0.858. The monoisotopic (exact) mass is 344 g/mol. The van der Waals surface area contributed by atoms with E-state index in [1.807, 2.05) is 29.8 Å². The maximum absolute atomic E-state index is 5.80. The van der Waals surface area contributed by atoms with Gasteiger partial charge < -0.3 is 9.64 Å². The van der Waals surface area contributed by atoms with E-state index in [1.165, 1.54) is 22.6 Å². The molecule has 0 bridgehead atoms. The Kier molecular flexibility index (Phi) is 5.06. The zero-order valence-corrected chi connectivity index (χ0v) is 14.7.